The number of unbranched alkanes of at least 4 members (excludes halogenated alkanes) is 2. The summed E-state index contributed by atoms with van der Waals surface area (Å²) in [6.07, 6.45) is 7.47. The molecule has 0 spiro atoms. The highest BCUT2D eigenvalue weighted by molar-refractivity contribution is 7.38. The summed E-state index contributed by atoms with van der Waals surface area (Å²) in [7, 11) is 1.95. The van der Waals surface area contributed by atoms with Crippen molar-refractivity contribution in [2.45, 2.75) is 160 Å². The quantitative estimate of drug-likeness (QED) is 0.0713. The molecule has 8 unspecified atom stereocenters. The smallest absolute Gasteiger partial charge is 0.379 e. The lowest BCUT2D eigenvalue weighted by atomic mass is 9.89. The van der Waals surface area contributed by atoms with Crippen molar-refractivity contribution in [3.05, 3.63) is 48.0 Å². The van der Waals surface area contributed by atoms with Gasteiger partial charge in [0.15, 0.2) is 0 Å². The van der Waals surface area contributed by atoms with Gasteiger partial charge in [0.05, 0.1) is 36.6 Å². The van der Waals surface area contributed by atoms with Crippen LogP contribution in [0.1, 0.15) is 111 Å². The van der Waals surface area contributed by atoms with Crippen molar-refractivity contribution in [3.63, 3.8) is 0 Å². The third kappa shape index (κ3) is 13.0. The minimum atomic E-state index is -2.74. The lowest BCUT2D eigenvalue weighted by Crippen LogP contribution is -2.60. The molecule has 67 heavy (non-hydrogen) atoms. The number of methoxy groups -OCH3 is 2. The van der Waals surface area contributed by atoms with Crippen molar-refractivity contribution in [2.24, 2.45) is 23.7 Å². The maximum absolute atomic E-state index is 14.7. The van der Waals surface area contributed by atoms with E-state index in [9.17, 15) is 43.0 Å². The van der Waals surface area contributed by atoms with E-state index in [1.165, 1.54) is 31.3 Å². The van der Waals surface area contributed by atoms with Crippen LogP contribution in [-0.4, -0.2) is 148 Å². The minimum absolute atomic E-state index is 0.0152. The fraction of sp³-hybridized carbons (Fsp3) is 0.694. The number of nitrogens with one attached hydrogen (secondary N) is 2. The van der Waals surface area contributed by atoms with Gasteiger partial charge in [0.25, 0.3) is 17.6 Å². The Morgan fingerprint density at radius 2 is 1.60 bits per heavy atom. The molecule has 2 bridgehead atoms. The van der Waals surface area contributed by atoms with Crippen LogP contribution in [0.15, 0.2) is 42.5 Å². The maximum atomic E-state index is 14.7. The maximum Gasteiger partial charge on any atom is 0.531 e. The van der Waals surface area contributed by atoms with Gasteiger partial charge in [-0.1, -0.05) is 77.8 Å². The first kappa shape index (κ1) is 53.4. The topological polar surface area (TPSA) is 212 Å². The van der Waals surface area contributed by atoms with Crippen LogP contribution >= 0.6 is 8.03 Å². The van der Waals surface area contributed by atoms with Gasteiger partial charge in [-0.25, -0.2) is 0 Å². The Bertz CT molecular complexity index is 1950. The van der Waals surface area contributed by atoms with Crippen LogP contribution < -0.4 is 10.6 Å². The van der Waals surface area contributed by atoms with Crippen LogP contribution in [0.5, 0.6) is 0 Å². The van der Waals surface area contributed by atoms with E-state index in [1.807, 2.05) is 58.0 Å². The van der Waals surface area contributed by atoms with Gasteiger partial charge in [0, 0.05) is 65.4 Å². The monoisotopic (exact) mass is 954 g/mol. The Balaban J connectivity index is 1.22. The van der Waals surface area contributed by atoms with Crippen molar-refractivity contribution in [1.29, 1.82) is 0 Å². The average Bonchev–Trinajstić information content (AvgIpc) is 4.13. The molecular weight excluding hydrogens is 880 g/mol. The van der Waals surface area contributed by atoms with E-state index in [1.54, 1.807) is 28.7 Å². The fourth-order valence-corrected chi connectivity index (χ4v) is 11.4. The van der Waals surface area contributed by atoms with Gasteiger partial charge in [-0.3, -0.25) is 38.5 Å². The summed E-state index contributed by atoms with van der Waals surface area (Å²) in [6.45, 7) is 10.1. The largest absolute Gasteiger partial charge is 0.531 e. The zero-order valence-corrected chi connectivity index (χ0v) is 41.5. The number of hydrogen-bond acceptors (Lipinski definition) is 10. The van der Waals surface area contributed by atoms with Gasteiger partial charge < -0.3 is 34.8 Å². The number of hydrogen-bond donors (Lipinski definition) is 3. The molecule has 18 heteroatoms. The molecule has 3 heterocycles. The second-order valence-electron chi connectivity index (χ2n) is 19.3. The summed E-state index contributed by atoms with van der Waals surface area (Å²) in [5, 5.41) is 5.81. The minimum Gasteiger partial charge on any atom is -0.379 e. The van der Waals surface area contributed by atoms with Crippen LogP contribution in [-0.2, 0) is 54.0 Å². The van der Waals surface area contributed by atoms with Crippen molar-refractivity contribution < 1.29 is 52.5 Å². The Hall–Kier alpha value is -4.57. The molecule has 1 saturated carbocycles. The van der Waals surface area contributed by atoms with Gasteiger partial charge in [0.1, 0.15) is 12.1 Å². The number of amides is 7. The summed E-state index contributed by atoms with van der Waals surface area (Å²) < 4.78 is 24.3. The number of fused-ring (bicyclic) bond motifs is 2. The van der Waals surface area contributed by atoms with E-state index in [0.29, 0.717) is 51.6 Å². The number of imide groups is 1. The molecular formula is C49H74N6O11P+. The molecule has 0 aromatic heterocycles. The van der Waals surface area contributed by atoms with Crippen LogP contribution in [0.2, 0.25) is 0 Å². The molecule has 5 rings (SSSR count). The molecule has 12 atom stereocenters. The number of likely N-dealkylation sites (tertiary alicyclic amines) is 2. The lowest BCUT2D eigenvalue weighted by Gasteiger charge is -2.41. The standard InChI is InChI=1S/C49H73N6O11P/c1-9-31(4)44(37(65-7)29-42(59)53-26-16-19-36(53)46(66-8)32(5)47(60)50-38(67(63)64)27-33-17-12-10-13-18-33)52(6)49(62)43(30(2)3)51-48(61)45-34-21-22-35(28-34)55(45)41(58)20-14-11-15-25-54-39(56)23-24-40(54)57/h10,12-13,17-18,23-24,30-32,34-38,43-46H,9,11,14-16,19-22,25-29H2,1-8H3,(H2-,50,51,60,61,63,64)/p+1/t31?,32?,34-,35+,36-,37?,38?,43?,44?,45-,46?/m0/s1. The molecule has 3 fully saturated rings. The van der Waals surface area contributed by atoms with E-state index in [4.69, 9.17) is 9.47 Å². The number of nitrogens with zero attached hydrogens (tertiary/aromatic N) is 4. The molecule has 0 radical (unpaired) electrons. The lowest BCUT2D eigenvalue weighted by molar-refractivity contribution is -0.149. The average molecular weight is 954 g/mol. The van der Waals surface area contributed by atoms with Crippen LogP contribution in [0.3, 0.4) is 0 Å². The van der Waals surface area contributed by atoms with E-state index in [0.717, 1.165) is 24.8 Å². The number of carbonyl (C=O) groups excluding carboxylic acids is 7. The van der Waals surface area contributed by atoms with Crippen LogP contribution in [0.25, 0.3) is 0 Å². The molecule has 370 valence electrons. The zero-order valence-electron chi connectivity index (χ0n) is 40.6. The molecule has 7 amide bonds. The predicted molar refractivity (Wildman–Crippen MR) is 251 cm³/mol. The Kier molecular flexibility index (Phi) is 19.6. The van der Waals surface area contributed by atoms with Gasteiger partial charge in [-0.2, -0.15) is 4.89 Å². The molecule has 3 aliphatic heterocycles. The summed E-state index contributed by atoms with van der Waals surface area (Å²) in [4.78, 5) is 111. The Morgan fingerprint density at radius 3 is 2.21 bits per heavy atom. The van der Waals surface area contributed by atoms with E-state index in [2.05, 4.69) is 10.6 Å². The van der Waals surface area contributed by atoms with Gasteiger partial charge in [0.2, 0.25) is 29.5 Å². The third-order valence-corrected chi connectivity index (χ3v) is 15.5. The predicted octanol–water partition coefficient (Wildman–Crippen LogP) is 4.33. The first-order valence-electron chi connectivity index (χ1n) is 24.2. The molecule has 3 N–H and O–H groups in total. The molecule has 4 aliphatic rings. The van der Waals surface area contributed by atoms with Crippen LogP contribution in [0, 0.1) is 23.7 Å². The first-order chi connectivity index (χ1) is 31.9. The number of piperidine rings is 1. The second-order valence-corrected chi connectivity index (χ2v) is 20.5. The van der Waals surface area contributed by atoms with Crippen molar-refractivity contribution in [2.75, 3.05) is 34.4 Å². The number of carbonyl (C=O) groups is 7. The van der Waals surface area contributed by atoms with Gasteiger partial charge in [-0.15, -0.1) is 0 Å². The normalized spacial score (nSPS) is 23.5. The van der Waals surface area contributed by atoms with Crippen LogP contribution in [0.4, 0.5) is 0 Å². The third-order valence-electron chi connectivity index (χ3n) is 14.7. The van der Waals surface area contributed by atoms with Crippen molar-refractivity contribution in [1.82, 2.24) is 30.2 Å². The van der Waals surface area contributed by atoms with Crippen molar-refractivity contribution in [3.8, 4) is 0 Å². The second kappa shape index (κ2) is 24.6. The number of rotatable bonds is 25. The Labute approximate surface area is 396 Å². The van der Waals surface area contributed by atoms with E-state index < -0.39 is 62.0 Å². The number of ether oxygens (including phenoxy) is 2. The molecule has 2 saturated heterocycles. The highest BCUT2D eigenvalue weighted by Gasteiger charge is 2.52. The highest BCUT2D eigenvalue weighted by atomic mass is 31.1. The molecule has 1 aromatic rings. The molecule has 1 aromatic carbocycles. The van der Waals surface area contributed by atoms with Gasteiger partial charge in [-0.05, 0) is 72.8 Å². The molecule has 17 nitrogen and oxygen atoms in total. The van der Waals surface area contributed by atoms with E-state index >= 15 is 0 Å². The number of benzene rings is 1. The summed E-state index contributed by atoms with van der Waals surface area (Å²) in [5.41, 5.74) is 0.804. The summed E-state index contributed by atoms with van der Waals surface area (Å²) >= 11 is 0. The first-order valence-corrected chi connectivity index (χ1v) is 25.5. The van der Waals surface area contributed by atoms with E-state index in [-0.39, 0.29) is 78.5 Å². The molecule has 1 aliphatic carbocycles. The summed E-state index contributed by atoms with van der Waals surface area (Å²) in [6, 6.07) is 6.46. The van der Waals surface area contributed by atoms with Crippen molar-refractivity contribution >= 4 is 49.4 Å². The number of likely N-dealkylation sites (N-methyl/N-ethyl adjacent to an activating group) is 1. The Morgan fingerprint density at radius 1 is 0.910 bits per heavy atom. The SMILES string of the molecule is CCC(C)C(C(CC(=O)N1CCC[C@H]1C(OC)C(C)C(=O)NC(Cc1ccccc1)[P+](=O)O)OC)N(C)C(=O)C(NC(=O)[C@@H]1[C@H]2CC[C@H](C2)N1C(=O)CCCCCN1C(=O)C=CC1=O)C(C)C. The van der Waals surface area contributed by atoms with Gasteiger partial charge >= 0.3 is 8.03 Å². The zero-order chi connectivity index (χ0) is 49.1. The summed E-state index contributed by atoms with van der Waals surface area (Å²) in [5.74, 6) is -4.35. The highest BCUT2D eigenvalue weighted by Crippen LogP contribution is 2.43. The fourth-order valence-electron chi connectivity index (χ4n) is 10.8.